The summed E-state index contributed by atoms with van der Waals surface area (Å²) in [6.45, 7) is 14.7. The molecule has 11 atom stereocenters. The largest absolute Gasteiger partial charge is 0.497 e. The molecule has 5 rings (SSSR count). The monoisotopic (exact) mass is 542 g/mol. The predicted octanol–water partition coefficient (Wildman–Crippen LogP) is 6.65. The SMILES string of the molecule is CC(=O)O[C@H]1CC[C@@]2(C)[C@H](CC[C@@H]3[C@@H]2CC[C@]2(C)[C@@H]([C@H](C)C4=C(C(C)=O)C[C@H](C)CO4)[C@@H](OC(C)=O)C[C@@H]32)C1. The van der Waals surface area contributed by atoms with Gasteiger partial charge in [-0.05, 0) is 105 Å². The average Bonchev–Trinajstić information content (AvgIpc) is 3.14. The molecule has 4 saturated carbocycles. The highest BCUT2D eigenvalue weighted by molar-refractivity contribution is 5.94. The molecule has 0 unspecified atom stereocenters. The lowest BCUT2D eigenvalue weighted by molar-refractivity contribution is -0.161. The van der Waals surface area contributed by atoms with Crippen LogP contribution in [0.15, 0.2) is 11.3 Å². The van der Waals surface area contributed by atoms with E-state index in [9.17, 15) is 14.4 Å². The number of esters is 2. The van der Waals surface area contributed by atoms with Gasteiger partial charge in [0.2, 0.25) is 0 Å². The van der Waals surface area contributed by atoms with E-state index in [2.05, 4.69) is 27.7 Å². The third kappa shape index (κ3) is 4.96. The topological polar surface area (TPSA) is 78.9 Å². The third-order valence-corrected chi connectivity index (χ3v) is 12.1. The van der Waals surface area contributed by atoms with E-state index in [0.717, 1.165) is 49.9 Å². The van der Waals surface area contributed by atoms with Gasteiger partial charge in [-0.25, -0.2) is 0 Å². The fourth-order valence-electron chi connectivity index (χ4n) is 10.5. The molecule has 6 nitrogen and oxygen atoms in total. The Labute approximate surface area is 235 Å². The van der Waals surface area contributed by atoms with Gasteiger partial charge in [0.1, 0.15) is 18.0 Å². The van der Waals surface area contributed by atoms with Crippen LogP contribution < -0.4 is 0 Å². The van der Waals surface area contributed by atoms with Crippen molar-refractivity contribution < 1.29 is 28.6 Å². The van der Waals surface area contributed by atoms with E-state index in [0.29, 0.717) is 36.2 Å². The average molecular weight is 543 g/mol. The summed E-state index contributed by atoms with van der Waals surface area (Å²) >= 11 is 0. The van der Waals surface area contributed by atoms with Gasteiger partial charge in [0, 0.05) is 31.3 Å². The molecule has 0 amide bonds. The number of rotatable bonds is 5. The minimum absolute atomic E-state index is 0.0263. The summed E-state index contributed by atoms with van der Waals surface area (Å²) in [5.74, 6) is 3.42. The van der Waals surface area contributed by atoms with Gasteiger partial charge < -0.3 is 14.2 Å². The Morgan fingerprint density at radius 1 is 0.897 bits per heavy atom. The van der Waals surface area contributed by atoms with E-state index in [4.69, 9.17) is 14.2 Å². The Balaban J connectivity index is 1.44. The van der Waals surface area contributed by atoms with Crippen LogP contribution in [0.4, 0.5) is 0 Å². The second-order valence-corrected chi connectivity index (χ2v) is 14.4. The summed E-state index contributed by atoms with van der Waals surface area (Å²) in [6, 6.07) is 0. The second kappa shape index (κ2) is 10.5. The van der Waals surface area contributed by atoms with Gasteiger partial charge in [-0.1, -0.05) is 27.7 Å². The molecule has 1 aliphatic heterocycles. The van der Waals surface area contributed by atoms with Crippen LogP contribution in [0, 0.1) is 52.3 Å². The first kappa shape index (κ1) is 28.7. The van der Waals surface area contributed by atoms with Crippen LogP contribution >= 0.6 is 0 Å². The highest BCUT2D eigenvalue weighted by Crippen LogP contribution is 2.69. The number of ketones is 1. The number of carbonyl (C=O) groups excluding carboxylic acids is 3. The molecule has 0 aromatic rings. The standard InChI is InChI=1S/C33H50O6/c1-18-14-26(20(3)34)31(37-17-18)19(2)30-29(39-22(5)36)16-28-25-9-8-23-15-24(38-21(4)35)10-12-32(23,6)27(25)11-13-33(28,30)7/h18-19,23-25,27-30H,8-17H2,1-7H3/t18-,19-,23+,24-,25+,27-,28-,29-,30-,32-,33-/m0/s1. The highest BCUT2D eigenvalue weighted by atomic mass is 16.5. The predicted molar refractivity (Wildman–Crippen MR) is 148 cm³/mol. The van der Waals surface area contributed by atoms with Crippen molar-refractivity contribution in [3.05, 3.63) is 11.3 Å². The minimum Gasteiger partial charge on any atom is -0.497 e. The lowest BCUT2D eigenvalue weighted by Crippen LogP contribution is -2.54. The maximum atomic E-state index is 12.7. The van der Waals surface area contributed by atoms with Crippen molar-refractivity contribution >= 4 is 17.7 Å². The smallest absolute Gasteiger partial charge is 0.302 e. The molecule has 218 valence electrons. The molecular weight excluding hydrogens is 492 g/mol. The van der Waals surface area contributed by atoms with Gasteiger partial charge in [0.05, 0.1) is 6.61 Å². The lowest BCUT2D eigenvalue weighted by Gasteiger charge is -2.61. The van der Waals surface area contributed by atoms with Crippen molar-refractivity contribution in [3.63, 3.8) is 0 Å². The molecular formula is C33H50O6. The molecule has 0 spiro atoms. The molecule has 1 heterocycles. The zero-order valence-electron chi connectivity index (χ0n) is 25.2. The summed E-state index contributed by atoms with van der Waals surface area (Å²) in [7, 11) is 0. The molecule has 0 bridgehead atoms. The number of carbonyl (C=O) groups is 3. The molecule has 0 aromatic carbocycles. The molecule has 0 aromatic heterocycles. The number of hydrogen-bond donors (Lipinski definition) is 0. The molecule has 0 radical (unpaired) electrons. The Morgan fingerprint density at radius 3 is 2.26 bits per heavy atom. The van der Waals surface area contributed by atoms with Gasteiger partial charge in [0.25, 0.3) is 0 Å². The van der Waals surface area contributed by atoms with Crippen molar-refractivity contribution in [2.24, 2.45) is 52.3 Å². The normalized spacial score (nSPS) is 44.3. The summed E-state index contributed by atoms with van der Waals surface area (Å²) < 4.78 is 18.1. The summed E-state index contributed by atoms with van der Waals surface area (Å²) in [6.07, 6.45) is 9.34. The lowest BCUT2D eigenvalue weighted by atomic mass is 9.44. The minimum atomic E-state index is -0.214. The van der Waals surface area contributed by atoms with Crippen LogP contribution in [0.3, 0.4) is 0 Å². The molecule has 0 N–H and O–H groups in total. The van der Waals surface area contributed by atoms with E-state index >= 15 is 0 Å². The van der Waals surface area contributed by atoms with Crippen LogP contribution in [0.2, 0.25) is 0 Å². The highest BCUT2D eigenvalue weighted by Gasteiger charge is 2.64. The Kier molecular flexibility index (Phi) is 7.74. The third-order valence-electron chi connectivity index (χ3n) is 12.1. The summed E-state index contributed by atoms with van der Waals surface area (Å²) in [5.41, 5.74) is 1.13. The van der Waals surface area contributed by atoms with Crippen molar-refractivity contribution in [2.75, 3.05) is 6.61 Å². The van der Waals surface area contributed by atoms with E-state index in [1.807, 2.05) is 0 Å². The fraction of sp³-hybridized carbons (Fsp3) is 0.848. The number of Topliss-reactive ketones (excluding diaryl/α,β-unsaturated/α-hetero) is 1. The summed E-state index contributed by atoms with van der Waals surface area (Å²) in [5, 5.41) is 0. The first-order valence-electron chi connectivity index (χ1n) is 15.6. The van der Waals surface area contributed by atoms with Crippen LogP contribution in [0.25, 0.3) is 0 Å². The Morgan fingerprint density at radius 2 is 1.59 bits per heavy atom. The van der Waals surface area contributed by atoms with Gasteiger partial charge in [0.15, 0.2) is 5.78 Å². The second-order valence-electron chi connectivity index (χ2n) is 14.4. The van der Waals surface area contributed by atoms with Gasteiger partial charge in [-0.15, -0.1) is 0 Å². The Bertz CT molecular complexity index is 1030. The quantitative estimate of drug-likeness (QED) is 0.362. The fourth-order valence-corrected chi connectivity index (χ4v) is 10.5. The van der Waals surface area contributed by atoms with Crippen molar-refractivity contribution in [1.29, 1.82) is 0 Å². The molecule has 4 fully saturated rings. The number of allylic oxidation sites excluding steroid dienone is 2. The summed E-state index contributed by atoms with van der Waals surface area (Å²) in [4.78, 5) is 36.7. The van der Waals surface area contributed by atoms with Crippen molar-refractivity contribution in [1.82, 2.24) is 0 Å². The molecule has 5 aliphatic rings. The van der Waals surface area contributed by atoms with Gasteiger partial charge >= 0.3 is 11.9 Å². The van der Waals surface area contributed by atoms with Crippen LogP contribution in [0.1, 0.15) is 106 Å². The van der Waals surface area contributed by atoms with E-state index in [1.54, 1.807) is 6.92 Å². The van der Waals surface area contributed by atoms with Crippen molar-refractivity contribution in [2.45, 2.75) is 118 Å². The van der Waals surface area contributed by atoms with Crippen LogP contribution in [-0.4, -0.2) is 36.5 Å². The number of ether oxygens (including phenoxy) is 3. The number of hydrogen-bond acceptors (Lipinski definition) is 6. The Hall–Kier alpha value is -1.85. The maximum Gasteiger partial charge on any atom is 0.302 e. The van der Waals surface area contributed by atoms with E-state index in [-0.39, 0.29) is 52.6 Å². The van der Waals surface area contributed by atoms with Gasteiger partial charge in [-0.3, -0.25) is 14.4 Å². The zero-order valence-corrected chi connectivity index (χ0v) is 25.2. The first-order valence-corrected chi connectivity index (χ1v) is 15.6. The van der Waals surface area contributed by atoms with Crippen LogP contribution in [-0.2, 0) is 28.6 Å². The van der Waals surface area contributed by atoms with Crippen molar-refractivity contribution in [3.8, 4) is 0 Å². The van der Waals surface area contributed by atoms with Gasteiger partial charge in [-0.2, -0.15) is 0 Å². The first-order chi connectivity index (χ1) is 18.3. The van der Waals surface area contributed by atoms with E-state index in [1.165, 1.54) is 33.1 Å². The maximum absolute atomic E-state index is 12.7. The molecule has 0 saturated heterocycles. The van der Waals surface area contributed by atoms with Crippen LogP contribution in [0.5, 0.6) is 0 Å². The molecule has 6 heteroatoms. The van der Waals surface area contributed by atoms with E-state index < -0.39 is 0 Å². The molecule has 39 heavy (non-hydrogen) atoms. The number of fused-ring (bicyclic) bond motifs is 5. The molecule has 4 aliphatic carbocycles. The zero-order chi connectivity index (χ0) is 28.3.